The Balaban J connectivity index is 0.00000144. The van der Waals surface area contributed by atoms with Crippen molar-refractivity contribution in [3.8, 4) is 0 Å². The van der Waals surface area contributed by atoms with Crippen molar-refractivity contribution in [1.82, 2.24) is 10.6 Å². The number of nitrogens with zero attached hydrogens (tertiary/aromatic N) is 1. The van der Waals surface area contributed by atoms with E-state index in [1.165, 1.54) is 6.42 Å². The van der Waals surface area contributed by atoms with Gasteiger partial charge < -0.3 is 10.6 Å². The van der Waals surface area contributed by atoms with Gasteiger partial charge >= 0.3 is 0 Å². The molecule has 0 radical (unpaired) electrons. The monoisotopic (exact) mass is 297 g/mol. The fourth-order valence-corrected chi connectivity index (χ4v) is 1.30. The Hall–Kier alpha value is 0. The molecule has 1 saturated carbocycles. The summed E-state index contributed by atoms with van der Waals surface area (Å²) in [4.78, 5) is 4.10. The largest absolute Gasteiger partial charge is 0.357 e. The molecule has 0 aliphatic heterocycles. The minimum absolute atomic E-state index is 0. The van der Waals surface area contributed by atoms with E-state index in [4.69, 9.17) is 0 Å². The third-order valence-electron chi connectivity index (χ3n) is 2.38. The number of guanidine groups is 1. The van der Waals surface area contributed by atoms with E-state index in [0.717, 1.165) is 30.9 Å². The van der Waals surface area contributed by atoms with Gasteiger partial charge in [-0.05, 0) is 25.2 Å². The molecule has 13 heavy (non-hydrogen) atoms. The van der Waals surface area contributed by atoms with Gasteiger partial charge in [0.1, 0.15) is 0 Å². The van der Waals surface area contributed by atoms with Crippen LogP contribution in [-0.4, -0.2) is 26.1 Å². The summed E-state index contributed by atoms with van der Waals surface area (Å²) in [6, 6.07) is 0. The first-order chi connectivity index (χ1) is 5.77. The second kappa shape index (κ2) is 6.45. The van der Waals surface area contributed by atoms with E-state index >= 15 is 0 Å². The molecule has 0 aromatic rings. The molecule has 1 fully saturated rings. The normalized spacial score (nSPS) is 26.2. The topological polar surface area (TPSA) is 36.4 Å². The molecule has 0 bridgehead atoms. The average Bonchev–Trinajstić information content (AvgIpc) is 2.76. The smallest absolute Gasteiger partial charge is 0.190 e. The van der Waals surface area contributed by atoms with Crippen molar-refractivity contribution in [2.24, 2.45) is 16.8 Å². The van der Waals surface area contributed by atoms with Crippen molar-refractivity contribution in [2.75, 3.05) is 20.1 Å². The highest BCUT2D eigenvalue weighted by Gasteiger charge is 2.31. The molecule has 1 aliphatic rings. The zero-order chi connectivity index (χ0) is 8.97. The molecule has 0 aromatic heterocycles. The van der Waals surface area contributed by atoms with E-state index in [1.54, 1.807) is 7.05 Å². The number of aliphatic imine (C=N–C) groups is 1. The van der Waals surface area contributed by atoms with Gasteiger partial charge in [0.25, 0.3) is 0 Å². The van der Waals surface area contributed by atoms with Crippen LogP contribution in [-0.2, 0) is 0 Å². The number of hydrogen-bond donors (Lipinski definition) is 2. The summed E-state index contributed by atoms with van der Waals surface area (Å²) >= 11 is 0. The minimum Gasteiger partial charge on any atom is -0.357 e. The second-order valence-electron chi connectivity index (χ2n) is 3.46. The Bertz CT molecular complexity index is 170. The predicted octanol–water partition coefficient (Wildman–Crippen LogP) is 1.45. The molecule has 2 N–H and O–H groups in total. The summed E-state index contributed by atoms with van der Waals surface area (Å²) in [6.07, 6.45) is 1.37. The van der Waals surface area contributed by atoms with Crippen LogP contribution in [0.1, 0.15) is 20.3 Å². The molecule has 0 spiro atoms. The first-order valence-corrected chi connectivity index (χ1v) is 4.72. The summed E-state index contributed by atoms with van der Waals surface area (Å²) in [5, 5.41) is 6.47. The maximum Gasteiger partial charge on any atom is 0.190 e. The highest BCUT2D eigenvalue weighted by molar-refractivity contribution is 14.0. The van der Waals surface area contributed by atoms with Crippen LogP contribution in [0.5, 0.6) is 0 Å². The number of nitrogens with one attached hydrogen (secondary N) is 2. The van der Waals surface area contributed by atoms with Gasteiger partial charge in [-0.25, -0.2) is 0 Å². The Kier molecular flexibility index (Phi) is 6.45. The highest BCUT2D eigenvalue weighted by Crippen LogP contribution is 2.36. The molecular weight excluding hydrogens is 277 g/mol. The van der Waals surface area contributed by atoms with Gasteiger partial charge in [-0.3, -0.25) is 4.99 Å². The molecule has 1 aliphatic carbocycles. The van der Waals surface area contributed by atoms with Crippen LogP contribution in [0.3, 0.4) is 0 Å². The lowest BCUT2D eigenvalue weighted by atomic mass is 10.3. The van der Waals surface area contributed by atoms with E-state index in [0.29, 0.717) is 0 Å². The van der Waals surface area contributed by atoms with Crippen molar-refractivity contribution in [2.45, 2.75) is 20.3 Å². The van der Waals surface area contributed by atoms with Gasteiger partial charge in [0.05, 0.1) is 0 Å². The molecule has 3 nitrogen and oxygen atoms in total. The van der Waals surface area contributed by atoms with Gasteiger partial charge in [0, 0.05) is 20.1 Å². The zero-order valence-electron chi connectivity index (χ0n) is 8.63. The van der Waals surface area contributed by atoms with Gasteiger partial charge in [-0.1, -0.05) is 6.92 Å². The molecule has 0 amide bonds. The van der Waals surface area contributed by atoms with Crippen LogP contribution >= 0.6 is 24.0 Å². The fourth-order valence-electron chi connectivity index (χ4n) is 1.30. The van der Waals surface area contributed by atoms with Crippen LogP contribution in [0, 0.1) is 11.8 Å². The molecule has 1 rings (SSSR count). The first kappa shape index (κ1) is 13.0. The third kappa shape index (κ3) is 4.69. The van der Waals surface area contributed by atoms with E-state index in [9.17, 15) is 0 Å². The minimum atomic E-state index is 0. The van der Waals surface area contributed by atoms with Crippen molar-refractivity contribution >= 4 is 29.9 Å². The highest BCUT2D eigenvalue weighted by atomic mass is 127. The quantitative estimate of drug-likeness (QED) is 0.470. The predicted molar refractivity (Wildman–Crippen MR) is 67.7 cm³/mol. The van der Waals surface area contributed by atoms with Gasteiger partial charge in [-0.15, -0.1) is 24.0 Å². The Labute approximate surface area is 97.8 Å². The average molecular weight is 297 g/mol. The first-order valence-electron chi connectivity index (χ1n) is 4.72. The van der Waals surface area contributed by atoms with E-state index in [-0.39, 0.29) is 24.0 Å². The van der Waals surface area contributed by atoms with Gasteiger partial charge in [0.2, 0.25) is 0 Å². The molecule has 4 heteroatoms. The van der Waals surface area contributed by atoms with Crippen molar-refractivity contribution in [3.05, 3.63) is 0 Å². The summed E-state index contributed by atoms with van der Waals surface area (Å²) in [6.45, 7) is 6.37. The van der Waals surface area contributed by atoms with Crippen molar-refractivity contribution < 1.29 is 0 Å². The van der Waals surface area contributed by atoms with Crippen LogP contribution < -0.4 is 10.6 Å². The molecule has 0 aromatic carbocycles. The third-order valence-corrected chi connectivity index (χ3v) is 2.38. The van der Waals surface area contributed by atoms with Crippen LogP contribution in [0.4, 0.5) is 0 Å². The molecule has 0 saturated heterocycles. The lowest BCUT2D eigenvalue weighted by Crippen LogP contribution is -2.38. The Morgan fingerprint density at radius 2 is 2.08 bits per heavy atom. The zero-order valence-corrected chi connectivity index (χ0v) is 11.0. The molecule has 2 unspecified atom stereocenters. The second-order valence-corrected chi connectivity index (χ2v) is 3.46. The summed E-state index contributed by atoms with van der Waals surface area (Å²) in [5.41, 5.74) is 0. The maximum absolute atomic E-state index is 4.10. The van der Waals surface area contributed by atoms with Crippen molar-refractivity contribution in [1.29, 1.82) is 0 Å². The van der Waals surface area contributed by atoms with E-state index in [1.807, 2.05) is 0 Å². The van der Waals surface area contributed by atoms with Crippen LogP contribution in [0.25, 0.3) is 0 Å². The molecule has 2 atom stereocenters. The SMILES string of the molecule is CCNC(=NC)NCC1CC1C.I. The lowest BCUT2D eigenvalue weighted by molar-refractivity contribution is 0.696. The van der Waals surface area contributed by atoms with E-state index in [2.05, 4.69) is 29.5 Å². The standard InChI is InChI=1S/C9H19N3.HI/c1-4-11-9(10-3)12-6-8-5-7(8)2;/h7-8H,4-6H2,1-3H3,(H2,10,11,12);1H. The fraction of sp³-hybridized carbons (Fsp3) is 0.889. The summed E-state index contributed by atoms with van der Waals surface area (Å²) in [5.74, 6) is 2.72. The summed E-state index contributed by atoms with van der Waals surface area (Å²) in [7, 11) is 1.81. The molecule has 0 heterocycles. The molecular formula is C9H20IN3. The molecule has 78 valence electrons. The Morgan fingerprint density at radius 1 is 1.46 bits per heavy atom. The number of rotatable bonds is 3. The van der Waals surface area contributed by atoms with E-state index < -0.39 is 0 Å². The van der Waals surface area contributed by atoms with Gasteiger partial charge in [0.15, 0.2) is 5.96 Å². The Morgan fingerprint density at radius 3 is 2.46 bits per heavy atom. The van der Waals surface area contributed by atoms with Crippen LogP contribution in [0.15, 0.2) is 4.99 Å². The van der Waals surface area contributed by atoms with Crippen LogP contribution in [0.2, 0.25) is 0 Å². The van der Waals surface area contributed by atoms with Gasteiger partial charge in [-0.2, -0.15) is 0 Å². The lowest BCUT2D eigenvalue weighted by Gasteiger charge is -2.09. The number of halogens is 1. The summed E-state index contributed by atoms with van der Waals surface area (Å²) < 4.78 is 0. The number of hydrogen-bond acceptors (Lipinski definition) is 1. The maximum atomic E-state index is 4.10. The van der Waals surface area contributed by atoms with Crippen molar-refractivity contribution in [3.63, 3.8) is 0 Å².